The Morgan fingerprint density at radius 2 is 2.17 bits per heavy atom. The second-order valence-electron chi connectivity index (χ2n) is 5.07. The summed E-state index contributed by atoms with van der Waals surface area (Å²) in [6.45, 7) is 2.42. The first-order valence-electron chi connectivity index (χ1n) is 6.96. The van der Waals surface area contributed by atoms with Gasteiger partial charge in [-0.05, 0) is 42.8 Å². The Balaban J connectivity index is 2.16. The topological polar surface area (TPSA) is 34.4 Å². The molecule has 0 aliphatic carbocycles. The summed E-state index contributed by atoms with van der Waals surface area (Å²) in [5.41, 5.74) is 2.70. The van der Waals surface area contributed by atoms with Crippen LogP contribution in [0.4, 0.5) is 0 Å². The van der Waals surface area contributed by atoms with E-state index in [1.165, 1.54) is 11.3 Å². The van der Waals surface area contributed by atoms with Crippen molar-refractivity contribution in [2.24, 2.45) is 4.99 Å². The fourth-order valence-electron chi connectivity index (χ4n) is 2.28. The first kappa shape index (κ1) is 15.7. The van der Waals surface area contributed by atoms with Gasteiger partial charge >= 0.3 is 0 Å². The monoisotopic (exact) mass is 384 g/mol. The summed E-state index contributed by atoms with van der Waals surface area (Å²) >= 11 is 4.84. The number of hydrogen-bond acceptors (Lipinski definition) is 2. The molecule has 3 aromatic rings. The summed E-state index contributed by atoms with van der Waals surface area (Å²) in [5, 5.41) is 0. The molecular formula is C18H13BrN2OS. The van der Waals surface area contributed by atoms with Gasteiger partial charge in [-0.25, -0.2) is 0 Å². The van der Waals surface area contributed by atoms with Gasteiger partial charge in [-0.3, -0.25) is 4.79 Å². The third kappa shape index (κ3) is 3.29. The van der Waals surface area contributed by atoms with Crippen molar-refractivity contribution in [3.63, 3.8) is 0 Å². The van der Waals surface area contributed by atoms with Crippen LogP contribution in [0.1, 0.15) is 15.9 Å². The molecule has 0 N–H and O–H groups in total. The zero-order valence-electron chi connectivity index (χ0n) is 12.4. The van der Waals surface area contributed by atoms with Gasteiger partial charge in [-0.1, -0.05) is 45.3 Å². The molecule has 3 rings (SSSR count). The number of benzene rings is 2. The van der Waals surface area contributed by atoms with Gasteiger partial charge in [-0.2, -0.15) is 4.99 Å². The maximum atomic E-state index is 12.4. The average Bonchev–Trinajstić information content (AvgIpc) is 2.84. The smallest absolute Gasteiger partial charge is 0.279 e. The van der Waals surface area contributed by atoms with Crippen molar-refractivity contribution in [2.75, 3.05) is 0 Å². The van der Waals surface area contributed by atoms with Crippen molar-refractivity contribution < 1.29 is 4.79 Å². The number of fused-ring (bicyclic) bond motifs is 1. The van der Waals surface area contributed by atoms with E-state index in [1.54, 1.807) is 12.1 Å². The molecule has 5 heteroatoms. The van der Waals surface area contributed by atoms with E-state index in [2.05, 4.69) is 32.9 Å². The average molecular weight is 385 g/mol. The van der Waals surface area contributed by atoms with Gasteiger partial charge < -0.3 is 4.57 Å². The Kier molecular flexibility index (Phi) is 4.46. The lowest BCUT2D eigenvalue weighted by atomic mass is 10.2. The minimum absolute atomic E-state index is 0.277. The van der Waals surface area contributed by atoms with E-state index in [-0.39, 0.29) is 5.91 Å². The second-order valence-corrected chi connectivity index (χ2v) is 7.00. The van der Waals surface area contributed by atoms with Crippen molar-refractivity contribution in [2.45, 2.75) is 13.5 Å². The van der Waals surface area contributed by atoms with Gasteiger partial charge in [0.25, 0.3) is 5.91 Å². The van der Waals surface area contributed by atoms with Gasteiger partial charge in [0.05, 0.1) is 16.8 Å². The highest BCUT2D eigenvalue weighted by Gasteiger charge is 2.09. The van der Waals surface area contributed by atoms with Crippen molar-refractivity contribution in [3.8, 4) is 12.3 Å². The number of halogens is 1. The normalized spacial score (nSPS) is 11.6. The largest absolute Gasteiger partial charge is 0.305 e. The van der Waals surface area contributed by atoms with Crippen LogP contribution in [0.2, 0.25) is 0 Å². The lowest BCUT2D eigenvalue weighted by Gasteiger charge is -2.00. The molecule has 1 amide bonds. The van der Waals surface area contributed by atoms with Crippen molar-refractivity contribution in [3.05, 3.63) is 62.9 Å². The fraction of sp³-hybridized carbons (Fsp3) is 0.111. The molecule has 0 bridgehead atoms. The third-order valence-electron chi connectivity index (χ3n) is 3.36. The Labute approximate surface area is 146 Å². The molecule has 114 valence electrons. The van der Waals surface area contributed by atoms with Crippen LogP contribution in [0.5, 0.6) is 0 Å². The van der Waals surface area contributed by atoms with E-state index < -0.39 is 0 Å². The summed E-state index contributed by atoms with van der Waals surface area (Å²) in [6.07, 6.45) is 5.47. The molecule has 0 unspecified atom stereocenters. The van der Waals surface area contributed by atoms with Crippen LogP contribution < -0.4 is 4.80 Å². The molecule has 0 fully saturated rings. The lowest BCUT2D eigenvalue weighted by Crippen LogP contribution is -2.16. The number of carbonyl (C=O) groups excluding carboxylic acids is 1. The summed E-state index contributed by atoms with van der Waals surface area (Å²) in [6, 6.07) is 13.3. The van der Waals surface area contributed by atoms with E-state index in [0.29, 0.717) is 16.9 Å². The highest BCUT2D eigenvalue weighted by atomic mass is 79.9. The third-order valence-corrected chi connectivity index (χ3v) is 4.89. The fourth-order valence-corrected chi connectivity index (χ4v) is 3.81. The zero-order chi connectivity index (χ0) is 16.4. The number of amides is 1. The standard InChI is InChI=1S/C18H13BrN2OS/c1-3-9-21-15-8-7-12(2)10-16(15)23-18(21)20-17(22)13-5-4-6-14(19)11-13/h1,4-8,10-11H,9H2,2H3. The van der Waals surface area contributed by atoms with Crippen LogP contribution in [0.15, 0.2) is 51.9 Å². The Morgan fingerprint density at radius 3 is 2.91 bits per heavy atom. The first-order chi connectivity index (χ1) is 11.1. The van der Waals surface area contributed by atoms with Gasteiger partial charge in [0, 0.05) is 10.0 Å². The number of aryl methyl sites for hydroxylation is 1. The van der Waals surface area contributed by atoms with E-state index in [9.17, 15) is 4.79 Å². The molecule has 2 aromatic carbocycles. The number of nitrogens with zero attached hydrogens (tertiary/aromatic N) is 2. The molecular weight excluding hydrogens is 372 g/mol. The van der Waals surface area contributed by atoms with Gasteiger partial charge in [0.15, 0.2) is 4.80 Å². The lowest BCUT2D eigenvalue weighted by molar-refractivity contribution is 0.0998. The maximum Gasteiger partial charge on any atom is 0.279 e. The van der Waals surface area contributed by atoms with Crippen molar-refractivity contribution >= 4 is 43.4 Å². The minimum Gasteiger partial charge on any atom is -0.305 e. The molecule has 0 radical (unpaired) electrons. The van der Waals surface area contributed by atoms with Crippen LogP contribution in [-0.2, 0) is 6.54 Å². The molecule has 0 spiro atoms. The highest BCUT2D eigenvalue weighted by molar-refractivity contribution is 9.10. The SMILES string of the molecule is C#CCn1c(=NC(=O)c2cccc(Br)c2)sc2cc(C)ccc21. The van der Waals surface area contributed by atoms with Crippen LogP contribution in [0.3, 0.4) is 0 Å². The van der Waals surface area contributed by atoms with E-state index in [0.717, 1.165) is 20.3 Å². The van der Waals surface area contributed by atoms with E-state index >= 15 is 0 Å². The molecule has 0 aliphatic rings. The molecule has 0 saturated heterocycles. The molecule has 1 heterocycles. The quantitative estimate of drug-likeness (QED) is 0.611. The summed E-state index contributed by atoms with van der Waals surface area (Å²) in [5.74, 6) is 2.35. The molecule has 1 aromatic heterocycles. The van der Waals surface area contributed by atoms with Crippen molar-refractivity contribution in [1.29, 1.82) is 0 Å². The second kappa shape index (κ2) is 6.53. The van der Waals surface area contributed by atoms with Gasteiger partial charge in [0.1, 0.15) is 0 Å². The Bertz CT molecular complexity index is 1010. The van der Waals surface area contributed by atoms with Gasteiger partial charge in [-0.15, -0.1) is 6.42 Å². The predicted molar refractivity (Wildman–Crippen MR) is 97.4 cm³/mol. The molecule has 0 saturated carbocycles. The summed E-state index contributed by atoms with van der Waals surface area (Å²) in [4.78, 5) is 17.3. The van der Waals surface area contributed by atoms with Crippen LogP contribution in [-0.4, -0.2) is 10.5 Å². The number of carbonyl (C=O) groups is 1. The van der Waals surface area contributed by atoms with Crippen LogP contribution in [0, 0.1) is 19.3 Å². The maximum absolute atomic E-state index is 12.4. The van der Waals surface area contributed by atoms with Crippen molar-refractivity contribution in [1.82, 2.24) is 4.57 Å². The highest BCUT2D eigenvalue weighted by Crippen LogP contribution is 2.19. The molecule has 3 nitrogen and oxygen atoms in total. The van der Waals surface area contributed by atoms with Crippen LogP contribution >= 0.6 is 27.3 Å². The van der Waals surface area contributed by atoms with E-state index in [4.69, 9.17) is 6.42 Å². The zero-order valence-corrected chi connectivity index (χ0v) is 14.8. The molecule has 23 heavy (non-hydrogen) atoms. The summed E-state index contributed by atoms with van der Waals surface area (Å²) < 4.78 is 3.82. The molecule has 0 atom stereocenters. The Morgan fingerprint density at radius 1 is 1.35 bits per heavy atom. The summed E-state index contributed by atoms with van der Waals surface area (Å²) in [7, 11) is 0. The van der Waals surface area contributed by atoms with E-state index in [1.807, 2.05) is 35.8 Å². The van der Waals surface area contributed by atoms with Crippen LogP contribution in [0.25, 0.3) is 10.2 Å². The minimum atomic E-state index is -0.277. The number of rotatable bonds is 2. The number of hydrogen-bond donors (Lipinski definition) is 0. The van der Waals surface area contributed by atoms with Gasteiger partial charge in [0.2, 0.25) is 0 Å². The first-order valence-corrected chi connectivity index (χ1v) is 8.57. The number of terminal acetylenes is 1. The number of thiazole rings is 1. The predicted octanol–water partition coefficient (Wildman–Crippen LogP) is 4.15. The number of aromatic nitrogens is 1. The molecule has 0 aliphatic heterocycles. The Hall–Kier alpha value is -2.16.